The summed E-state index contributed by atoms with van der Waals surface area (Å²) in [5.41, 5.74) is 0.878. The molecule has 1 atom stereocenters. The van der Waals surface area contributed by atoms with E-state index in [9.17, 15) is 24.3 Å². The fraction of sp³-hybridized carbons (Fsp3) is 0.200. The second-order valence-corrected chi connectivity index (χ2v) is 6.30. The molecule has 7 heteroatoms. The molecule has 2 aromatic rings. The zero-order chi connectivity index (χ0) is 19.6. The number of carbonyl (C=O) groups is 4. The molecule has 1 aliphatic heterocycles. The second-order valence-electron chi connectivity index (χ2n) is 6.30. The Morgan fingerprint density at radius 3 is 1.63 bits per heavy atom. The van der Waals surface area contributed by atoms with Crippen LogP contribution in [0.5, 0.6) is 0 Å². The highest BCUT2D eigenvalue weighted by Gasteiger charge is 2.52. The van der Waals surface area contributed by atoms with Crippen LogP contribution in [0.25, 0.3) is 0 Å². The number of Topliss-reactive ketones (excluding diaryl/α,β-unsaturated/α-hetero) is 1. The number of carboxylic acid groups (broad SMARTS) is 1. The van der Waals surface area contributed by atoms with Crippen LogP contribution >= 0.6 is 0 Å². The maximum absolute atomic E-state index is 13.1. The van der Waals surface area contributed by atoms with Gasteiger partial charge in [-0.05, 0) is 31.2 Å². The number of para-hydroxylation sites is 2. The molecule has 1 aliphatic rings. The zero-order valence-electron chi connectivity index (χ0n) is 14.6. The molecule has 0 aromatic heterocycles. The Labute approximate surface area is 155 Å². The lowest BCUT2D eigenvalue weighted by molar-refractivity contribution is -0.150. The van der Waals surface area contributed by atoms with E-state index in [-0.39, 0.29) is 6.42 Å². The molecular formula is C20H18N2O5. The Morgan fingerprint density at radius 2 is 1.30 bits per heavy atom. The standard InChI is InChI=1S/C20H18N2O5/c1-13(23)12-16(20(26)27)17-18(24)21(14-8-4-2-5-9-14)22(19(17)25)15-10-6-3-7-11-15/h2-11,16-17H,12H2,1H3,(H,26,27). The summed E-state index contributed by atoms with van der Waals surface area (Å²) in [6.07, 6.45) is -0.386. The molecule has 1 saturated heterocycles. The molecule has 1 heterocycles. The highest BCUT2D eigenvalue weighted by molar-refractivity contribution is 6.24. The Kier molecular flexibility index (Phi) is 5.03. The van der Waals surface area contributed by atoms with Gasteiger partial charge in [0, 0.05) is 6.42 Å². The average Bonchev–Trinajstić information content (AvgIpc) is 2.91. The highest BCUT2D eigenvalue weighted by Crippen LogP contribution is 2.35. The Bertz CT molecular complexity index is 824. The van der Waals surface area contributed by atoms with Crippen molar-refractivity contribution in [1.82, 2.24) is 0 Å². The first-order valence-corrected chi connectivity index (χ1v) is 8.42. The van der Waals surface area contributed by atoms with Crippen molar-refractivity contribution >= 4 is 34.9 Å². The number of nitrogens with zero attached hydrogens (tertiary/aromatic N) is 2. The van der Waals surface area contributed by atoms with Gasteiger partial charge in [0.1, 0.15) is 11.7 Å². The van der Waals surface area contributed by atoms with Crippen molar-refractivity contribution < 1.29 is 24.3 Å². The molecule has 3 rings (SSSR count). The Morgan fingerprint density at radius 1 is 0.889 bits per heavy atom. The summed E-state index contributed by atoms with van der Waals surface area (Å²) in [5, 5.41) is 11.9. The average molecular weight is 366 g/mol. The maximum Gasteiger partial charge on any atom is 0.308 e. The molecule has 2 aromatic carbocycles. The largest absolute Gasteiger partial charge is 0.481 e. The fourth-order valence-corrected chi connectivity index (χ4v) is 3.19. The van der Waals surface area contributed by atoms with Gasteiger partial charge in [0.15, 0.2) is 0 Å². The lowest BCUT2D eigenvalue weighted by atomic mass is 9.87. The number of hydrazine groups is 1. The molecule has 0 bridgehead atoms. The van der Waals surface area contributed by atoms with Crippen molar-refractivity contribution in [1.29, 1.82) is 0 Å². The van der Waals surface area contributed by atoms with Crippen LogP contribution in [0, 0.1) is 11.8 Å². The SMILES string of the molecule is CC(=O)CC(C(=O)O)C1C(=O)N(c2ccccc2)N(c2ccccc2)C1=O. The number of anilines is 2. The van der Waals surface area contributed by atoms with Gasteiger partial charge in [0.25, 0.3) is 11.8 Å². The summed E-state index contributed by atoms with van der Waals surface area (Å²) < 4.78 is 0. The minimum atomic E-state index is -1.47. The number of amides is 2. The van der Waals surface area contributed by atoms with Gasteiger partial charge in [0.2, 0.25) is 0 Å². The van der Waals surface area contributed by atoms with E-state index in [1.165, 1.54) is 16.9 Å². The molecule has 1 fully saturated rings. The Hall–Kier alpha value is -3.48. The lowest BCUT2D eigenvalue weighted by Crippen LogP contribution is -2.41. The third kappa shape index (κ3) is 3.44. The summed E-state index contributed by atoms with van der Waals surface area (Å²) in [4.78, 5) is 49.5. The normalized spacial score (nSPS) is 15.9. The number of hydrogen-bond donors (Lipinski definition) is 1. The van der Waals surface area contributed by atoms with Crippen molar-refractivity contribution in [3.05, 3.63) is 60.7 Å². The quantitative estimate of drug-likeness (QED) is 0.792. The molecule has 1 unspecified atom stereocenters. The van der Waals surface area contributed by atoms with E-state index in [0.29, 0.717) is 11.4 Å². The van der Waals surface area contributed by atoms with Gasteiger partial charge < -0.3 is 9.90 Å². The van der Waals surface area contributed by atoms with E-state index >= 15 is 0 Å². The third-order valence-corrected chi connectivity index (χ3v) is 4.38. The van der Waals surface area contributed by atoms with Crippen LogP contribution in [0.15, 0.2) is 60.7 Å². The number of benzene rings is 2. The van der Waals surface area contributed by atoms with Gasteiger partial charge in [-0.25, -0.2) is 10.0 Å². The second kappa shape index (κ2) is 7.41. The predicted octanol–water partition coefficient (Wildman–Crippen LogP) is 2.28. The van der Waals surface area contributed by atoms with E-state index in [2.05, 4.69) is 0 Å². The van der Waals surface area contributed by atoms with Crippen LogP contribution in [0.2, 0.25) is 0 Å². The molecular weight excluding hydrogens is 348 g/mol. The van der Waals surface area contributed by atoms with Crippen LogP contribution in [0.3, 0.4) is 0 Å². The molecule has 27 heavy (non-hydrogen) atoms. The maximum atomic E-state index is 13.1. The van der Waals surface area contributed by atoms with Crippen LogP contribution in [-0.4, -0.2) is 28.7 Å². The van der Waals surface area contributed by atoms with Gasteiger partial charge in [-0.15, -0.1) is 0 Å². The topological polar surface area (TPSA) is 95.0 Å². The third-order valence-electron chi connectivity index (χ3n) is 4.38. The summed E-state index contributed by atoms with van der Waals surface area (Å²) in [5.74, 6) is -5.95. The molecule has 138 valence electrons. The van der Waals surface area contributed by atoms with E-state index in [4.69, 9.17) is 0 Å². The summed E-state index contributed by atoms with van der Waals surface area (Å²) in [6.45, 7) is 1.24. The smallest absolute Gasteiger partial charge is 0.308 e. The molecule has 0 radical (unpaired) electrons. The highest BCUT2D eigenvalue weighted by atomic mass is 16.4. The van der Waals surface area contributed by atoms with E-state index in [1.807, 2.05) is 0 Å². The summed E-state index contributed by atoms with van der Waals surface area (Å²) in [6, 6.07) is 17.0. The number of aliphatic carboxylic acids is 1. The first kappa shape index (κ1) is 18.3. The summed E-state index contributed by atoms with van der Waals surface area (Å²) >= 11 is 0. The first-order valence-electron chi connectivity index (χ1n) is 8.42. The molecule has 0 aliphatic carbocycles. The summed E-state index contributed by atoms with van der Waals surface area (Å²) in [7, 11) is 0. The predicted molar refractivity (Wildman–Crippen MR) is 97.8 cm³/mol. The molecule has 0 spiro atoms. The van der Waals surface area contributed by atoms with E-state index in [1.54, 1.807) is 60.7 Å². The fourth-order valence-electron chi connectivity index (χ4n) is 3.19. The van der Waals surface area contributed by atoms with E-state index in [0.717, 1.165) is 0 Å². The van der Waals surface area contributed by atoms with Crippen molar-refractivity contribution in [2.45, 2.75) is 13.3 Å². The van der Waals surface area contributed by atoms with Crippen molar-refractivity contribution in [3.63, 3.8) is 0 Å². The molecule has 7 nitrogen and oxygen atoms in total. The van der Waals surface area contributed by atoms with Crippen molar-refractivity contribution in [3.8, 4) is 0 Å². The Balaban J connectivity index is 2.11. The zero-order valence-corrected chi connectivity index (χ0v) is 14.6. The van der Waals surface area contributed by atoms with E-state index < -0.39 is 35.4 Å². The first-order chi connectivity index (χ1) is 12.9. The van der Waals surface area contributed by atoms with Crippen LogP contribution in [-0.2, 0) is 19.2 Å². The lowest BCUT2D eigenvalue weighted by Gasteiger charge is -2.27. The molecule has 2 amide bonds. The van der Waals surface area contributed by atoms with Crippen LogP contribution in [0.1, 0.15) is 13.3 Å². The molecule has 0 saturated carbocycles. The number of carbonyl (C=O) groups excluding carboxylic acids is 3. The number of carboxylic acids is 1. The number of ketones is 1. The van der Waals surface area contributed by atoms with Gasteiger partial charge in [0.05, 0.1) is 17.3 Å². The van der Waals surface area contributed by atoms with Crippen molar-refractivity contribution in [2.24, 2.45) is 11.8 Å². The van der Waals surface area contributed by atoms with Gasteiger partial charge in [-0.2, -0.15) is 0 Å². The van der Waals surface area contributed by atoms with Crippen LogP contribution < -0.4 is 10.0 Å². The minimum Gasteiger partial charge on any atom is -0.481 e. The van der Waals surface area contributed by atoms with Gasteiger partial charge in [-0.1, -0.05) is 36.4 Å². The monoisotopic (exact) mass is 366 g/mol. The minimum absolute atomic E-state index is 0.386. The van der Waals surface area contributed by atoms with Crippen LogP contribution in [0.4, 0.5) is 11.4 Å². The number of hydrogen-bond acceptors (Lipinski definition) is 4. The van der Waals surface area contributed by atoms with Gasteiger partial charge in [-0.3, -0.25) is 14.4 Å². The number of rotatable bonds is 6. The van der Waals surface area contributed by atoms with Gasteiger partial charge >= 0.3 is 5.97 Å². The molecule has 1 N–H and O–H groups in total. The van der Waals surface area contributed by atoms with Crippen molar-refractivity contribution in [2.75, 3.05) is 10.0 Å².